The number of hydrogen-bond acceptors (Lipinski definition) is 0. The molecular formula is C26H46. The first kappa shape index (κ1) is 20.7. The van der Waals surface area contributed by atoms with Crippen LogP contribution in [0, 0.1) is 48.3 Å². The van der Waals surface area contributed by atoms with E-state index in [2.05, 4.69) is 13.8 Å². The highest BCUT2D eigenvalue weighted by molar-refractivity contribution is 4.94. The van der Waals surface area contributed by atoms with Gasteiger partial charge in [-0.2, -0.15) is 0 Å². The first-order valence-electron chi connectivity index (χ1n) is 12.1. The quantitative estimate of drug-likeness (QED) is 0.447. The Kier molecular flexibility index (Phi) is 7.17. The third kappa shape index (κ3) is 4.88. The minimum atomic E-state index is 0.392. The maximum Gasteiger partial charge on any atom is -0.0271 e. The smallest absolute Gasteiger partial charge is 0.0271 e. The largest absolute Gasteiger partial charge is 0.0620 e. The molecule has 4 unspecified atom stereocenters. The molecule has 150 valence electrons. The van der Waals surface area contributed by atoms with Crippen LogP contribution >= 0.6 is 0 Å². The minimum absolute atomic E-state index is 0.392. The van der Waals surface area contributed by atoms with Crippen molar-refractivity contribution in [3.05, 3.63) is 13.8 Å². The van der Waals surface area contributed by atoms with Crippen molar-refractivity contribution in [3.8, 4) is 0 Å². The standard InChI is InChI=1S/C26H46/c1-21(25(3)15-9-5-10-16-25)19-23-13-7-8-14-24(23)20-22(2)26(4)17-11-6-12-18-26/h21-24H,3-20H2,1-2H3. The second kappa shape index (κ2) is 9.00. The van der Waals surface area contributed by atoms with E-state index < -0.39 is 0 Å². The molecule has 3 aliphatic rings. The Hall–Kier alpha value is 0. The molecule has 0 aromatic rings. The van der Waals surface area contributed by atoms with Crippen LogP contribution in [0.15, 0.2) is 0 Å². The molecule has 0 aliphatic heterocycles. The van der Waals surface area contributed by atoms with Crippen LogP contribution in [0.2, 0.25) is 0 Å². The predicted octanol–water partition coefficient (Wildman–Crippen LogP) is 8.41. The zero-order valence-electron chi connectivity index (χ0n) is 18.0. The van der Waals surface area contributed by atoms with Crippen molar-refractivity contribution in [2.75, 3.05) is 0 Å². The third-order valence-corrected chi connectivity index (χ3v) is 9.17. The van der Waals surface area contributed by atoms with E-state index in [1.54, 1.807) is 0 Å². The maximum atomic E-state index is 4.75. The molecule has 0 nitrogen and oxygen atoms in total. The van der Waals surface area contributed by atoms with Gasteiger partial charge in [-0.3, -0.25) is 0 Å². The summed E-state index contributed by atoms with van der Waals surface area (Å²) < 4.78 is 0. The van der Waals surface area contributed by atoms with Crippen LogP contribution in [0.1, 0.15) is 117 Å². The van der Waals surface area contributed by atoms with Gasteiger partial charge in [-0.15, -0.1) is 0 Å². The van der Waals surface area contributed by atoms with Gasteiger partial charge in [-0.1, -0.05) is 78.1 Å². The molecule has 0 N–H and O–H groups in total. The fourth-order valence-electron chi connectivity index (χ4n) is 6.81. The molecule has 2 radical (unpaired) electrons. The Morgan fingerprint density at radius 2 is 0.962 bits per heavy atom. The molecular weight excluding hydrogens is 312 g/mol. The first-order chi connectivity index (χ1) is 12.4. The molecule has 0 heteroatoms. The van der Waals surface area contributed by atoms with Crippen LogP contribution in [0.4, 0.5) is 0 Å². The molecule has 3 saturated carbocycles. The summed E-state index contributed by atoms with van der Waals surface area (Å²) >= 11 is 0. The average Bonchev–Trinajstić information content (AvgIpc) is 2.64. The van der Waals surface area contributed by atoms with Gasteiger partial charge in [-0.05, 0) is 86.9 Å². The average molecular weight is 359 g/mol. The third-order valence-electron chi connectivity index (χ3n) is 9.17. The molecule has 4 atom stereocenters. The van der Waals surface area contributed by atoms with Gasteiger partial charge in [0.05, 0.1) is 0 Å². The van der Waals surface area contributed by atoms with Crippen molar-refractivity contribution in [1.82, 2.24) is 0 Å². The van der Waals surface area contributed by atoms with E-state index in [0.29, 0.717) is 10.8 Å². The highest BCUT2D eigenvalue weighted by Crippen LogP contribution is 2.50. The summed E-state index contributed by atoms with van der Waals surface area (Å²) in [5.41, 5.74) is 0.783. The van der Waals surface area contributed by atoms with Crippen molar-refractivity contribution in [2.45, 2.75) is 117 Å². The van der Waals surface area contributed by atoms with Gasteiger partial charge in [0.25, 0.3) is 0 Å². The summed E-state index contributed by atoms with van der Waals surface area (Å²) in [4.78, 5) is 0. The van der Waals surface area contributed by atoms with Gasteiger partial charge in [0, 0.05) is 0 Å². The van der Waals surface area contributed by atoms with Crippen LogP contribution in [-0.4, -0.2) is 0 Å². The lowest BCUT2D eigenvalue weighted by Crippen LogP contribution is -2.34. The van der Waals surface area contributed by atoms with Gasteiger partial charge in [0.15, 0.2) is 0 Å². The summed E-state index contributed by atoms with van der Waals surface area (Å²) in [5, 5.41) is 0. The summed E-state index contributed by atoms with van der Waals surface area (Å²) in [6.07, 6.45) is 22.9. The number of hydrogen-bond donors (Lipinski definition) is 0. The molecule has 0 saturated heterocycles. The van der Waals surface area contributed by atoms with Crippen LogP contribution in [0.3, 0.4) is 0 Å². The highest BCUT2D eigenvalue weighted by atomic mass is 14.4. The second-order valence-electron chi connectivity index (χ2n) is 10.9. The normalized spacial score (nSPS) is 34.2. The van der Waals surface area contributed by atoms with Crippen LogP contribution < -0.4 is 0 Å². The van der Waals surface area contributed by atoms with Gasteiger partial charge in [0.1, 0.15) is 0 Å². The summed E-state index contributed by atoms with van der Waals surface area (Å²) in [5.74, 6) is 3.56. The minimum Gasteiger partial charge on any atom is -0.0620 e. The van der Waals surface area contributed by atoms with Crippen LogP contribution in [0.25, 0.3) is 0 Å². The molecule has 0 bridgehead atoms. The summed E-state index contributed by atoms with van der Waals surface area (Å²) in [7, 11) is 0. The van der Waals surface area contributed by atoms with E-state index in [-0.39, 0.29) is 0 Å². The molecule has 0 spiro atoms. The van der Waals surface area contributed by atoms with E-state index >= 15 is 0 Å². The highest BCUT2D eigenvalue weighted by Gasteiger charge is 2.39. The van der Waals surface area contributed by atoms with E-state index in [9.17, 15) is 0 Å². The molecule has 0 heterocycles. The number of rotatable bonds is 6. The maximum absolute atomic E-state index is 4.75. The lowest BCUT2D eigenvalue weighted by atomic mass is 9.60. The molecule has 3 aliphatic carbocycles. The predicted molar refractivity (Wildman–Crippen MR) is 115 cm³/mol. The molecule has 26 heavy (non-hydrogen) atoms. The Morgan fingerprint density at radius 1 is 0.615 bits per heavy atom. The van der Waals surface area contributed by atoms with Gasteiger partial charge in [-0.25, -0.2) is 0 Å². The molecule has 3 rings (SSSR count). The van der Waals surface area contributed by atoms with Gasteiger partial charge in [0.2, 0.25) is 0 Å². The Balaban J connectivity index is 1.58. The molecule has 0 aromatic carbocycles. The van der Waals surface area contributed by atoms with E-state index in [1.807, 2.05) is 0 Å². The van der Waals surface area contributed by atoms with Crippen molar-refractivity contribution >= 4 is 0 Å². The molecule has 0 aromatic heterocycles. The van der Waals surface area contributed by atoms with Crippen LogP contribution in [0.5, 0.6) is 0 Å². The summed E-state index contributed by atoms with van der Waals surface area (Å²) in [6.45, 7) is 14.6. The SMILES string of the molecule is [CH2]C1(C(C)CC2CCCCC2CC(C)C2([CH2])CCCCC2)CCCCC1. The zero-order valence-corrected chi connectivity index (χ0v) is 18.0. The van der Waals surface area contributed by atoms with Gasteiger partial charge >= 0.3 is 0 Å². The second-order valence-corrected chi connectivity index (χ2v) is 10.9. The van der Waals surface area contributed by atoms with Gasteiger partial charge < -0.3 is 0 Å². The van der Waals surface area contributed by atoms with E-state index in [0.717, 1.165) is 23.7 Å². The zero-order chi connectivity index (χ0) is 18.6. The topological polar surface area (TPSA) is 0 Å². The fourth-order valence-corrected chi connectivity index (χ4v) is 6.81. The van der Waals surface area contributed by atoms with Crippen molar-refractivity contribution < 1.29 is 0 Å². The lowest BCUT2D eigenvalue weighted by Gasteiger charge is -2.45. The fraction of sp³-hybridized carbons (Fsp3) is 0.923. The van der Waals surface area contributed by atoms with Crippen molar-refractivity contribution in [1.29, 1.82) is 0 Å². The summed E-state index contributed by atoms with van der Waals surface area (Å²) in [6, 6.07) is 0. The monoisotopic (exact) mass is 358 g/mol. The van der Waals surface area contributed by atoms with Crippen molar-refractivity contribution in [2.24, 2.45) is 34.5 Å². The Bertz CT molecular complexity index is 370. The van der Waals surface area contributed by atoms with E-state index in [1.165, 1.54) is 103 Å². The van der Waals surface area contributed by atoms with Crippen LogP contribution in [-0.2, 0) is 0 Å². The molecule has 3 fully saturated rings. The Labute approximate surface area is 165 Å². The molecule has 0 amide bonds. The lowest BCUT2D eigenvalue weighted by molar-refractivity contribution is 0.0767. The van der Waals surface area contributed by atoms with Crippen molar-refractivity contribution in [3.63, 3.8) is 0 Å². The first-order valence-corrected chi connectivity index (χ1v) is 12.1. The Morgan fingerprint density at radius 3 is 1.31 bits per heavy atom. The van der Waals surface area contributed by atoms with E-state index in [4.69, 9.17) is 13.8 Å².